The molecule has 1 saturated carbocycles. The third kappa shape index (κ3) is 3.73. The molecule has 0 atom stereocenters. The summed E-state index contributed by atoms with van der Waals surface area (Å²) in [5, 5.41) is 12.5. The first-order valence-electron chi connectivity index (χ1n) is 6.92. The molecule has 1 fully saturated rings. The Morgan fingerprint density at radius 2 is 2.05 bits per heavy atom. The van der Waals surface area contributed by atoms with Crippen molar-refractivity contribution in [2.75, 3.05) is 5.32 Å². The van der Waals surface area contributed by atoms with Gasteiger partial charge in [-0.3, -0.25) is 10.1 Å². The van der Waals surface area contributed by atoms with Crippen LogP contribution < -0.4 is 11.1 Å². The molecule has 0 aliphatic heterocycles. The topological polar surface area (TPSA) is 80.9 Å². The van der Waals surface area contributed by atoms with Crippen LogP contribution in [0, 0.1) is 5.92 Å². The number of nitrogens with zero attached hydrogens (tertiary/aromatic N) is 2. The lowest BCUT2D eigenvalue weighted by molar-refractivity contribution is -0.122. The predicted molar refractivity (Wildman–Crippen MR) is 77.1 cm³/mol. The van der Waals surface area contributed by atoms with Gasteiger partial charge < -0.3 is 5.73 Å². The van der Waals surface area contributed by atoms with E-state index in [1.165, 1.54) is 17.8 Å². The van der Waals surface area contributed by atoms with Crippen molar-refractivity contribution >= 4 is 22.4 Å². The smallest absolute Gasteiger partial charge is 0.246 e. The van der Waals surface area contributed by atoms with E-state index in [0.717, 1.165) is 37.1 Å². The number of amides is 1. The lowest BCUT2D eigenvalue weighted by atomic mass is 9.82. The normalized spacial score (nSPS) is 18.5. The molecule has 0 bridgehead atoms. The second-order valence-corrected chi connectivity index (χ2v) is 6.83. The SMILES string of the molecule is CC(C)Cc1nnc(NC(=O)C2(N)CCCCC2)s1. The molecule has 6 heteroatoms. The summed E-state index contributed by atoms with van der Waals surface area (Å²) in [6.45, 7) is 4.27. The Kier molecular flexibility index (Phi) is 4.52. The fraction of sp³-hybridized carbons (Fsp3) is 0.769. The number of rotatable bonds is 4. The quantitative estimate of drug-likeness (QED) is 0.888. The Labute approximate surface area is 118 Å². The van der Waals surface area contributed by atoms with Crippen LogP contribution in [0.15, 0.2) is 0 Å². The van der Waals surface area contributed by atoms with Gasteiger partial charge in [-0.2, -0.15) is 0 Å². The van der Waals surface area contributed by atoms with Crippen LogP contribution in [-0.2, 0) is 11.2 Å². The van der Waals surface area contributed by atoms with Crippen LogP contribution in [-0.4, -0.2) is 21.6 Å². The van der Waals surface area contributed by atoms with Crippen LogP contribution in [0.5, 0.6) is 0 Å². The zero-order valence-corrected chi connectivity index (χ0v) is 12.4. The zero-order valence-electron chi connectivity index (χ0n) is 11.6. The average Bonchev–Trinajstić information content (AvgIpc) is 2.76. The molecule has 1 aromatic rings. The summed E-state index contributed by atoms with van der Waals surface area (Å²) < 4.78 is 0. The van der Waals surface area contributed by atoms with Gasteiger partial charge in [0.1, 0.15) is 5.01 Å². The van der Waals surface area contributed by atoms with Crippen molar-refractivity contribution in [3.8, 4) is 0 Å². The highest BCUT2D eigenvalue weighted by Crippen LogP contribution is 2.28. The van der Waals surface area contributed by atoms with Gasteiger partial charge in [-0.25, -0.2) is 0 Å². The molecule has 0 spiro atoms. The number of nitrogens with one attached hydrogen (secondary N) is 1. The molecule has 1 aromatic heterocycles. The Morgan fingerprint density at radius 1 is 1.37 bits per heavy atom. The molecular formula is C13H22N4OS. The highest BCUT2D eigenvalue weighted by atomic mass is 32.1. The Morgan fingerprint density at radius 3 is 2.68 bits per heavy atom. The Bertz CT molecular complexity index is 438. The molecule has 1 aliphatic carbocycles. The molecule has 106 valence electrons. The first-order valence-corrected chi connectivity index (χ1v) is 7.74. The highest BCUT2D eigenvalue weighted by Gasteiger charge is 2.35. The lowest BCUT2D eigenvalue weighted by Crippen LogP contribution is -2.52. The number of nitrogens with two attached hydrogens (primary N) is 1. The van der Waals surface area contributed by atoms with Crippen molar-refractivity contribution in [2.24, 2.45) is 11.7 Å². The van der Waals surface area contributed by atoms with E-state index in [4.69, 9.17) is 5.73 Å². The number of aromatic nitrogens is 2. The van der Waals surface area contributed by atoms with Crippen molar-refractivity contribution in [1.82, 2.24) is 10.2 Å². The summed E-state index contributed by atoms with van der Waals surface area (Å²) in [6, 6.07) is 0. The van der Waals surface area contributed by atoms with Crippen molar-refractivity contribution < 1.29 is 4.79 Å². The van der Waals surface area contributed by atoms with E-state index in [-0.39, 0.29) is 5.91 Å². The van der Waals surface area contributed by atoms with Crippen LogP contribution in [0.3, 0.4) is 0 Å². The summed E-state index contributed by atoms with van der Waals surface area (Å²) >= 11 is 1.44. The average molecular weight is 282 g/mol. The molecule has 0 unspecified atom stereocenters. The van der Waals surface area contributed by atoms with Crippen LogP contribution in [0.4, 0.5) is 5.13 Å². The molecule has 0 aromatic carbocycles. The summed E-state index contributed by atoms with van der Waals surface area (Å²) in [5.41, 5.74) is 5.46. The van der Waals surface area contributed by atoms with Gasteiger partial charge >= 0.3 is 0 Å². The second-order valence-electron chi connectivity index (χ2n) is 5.77. The molecule has 0 radical (unpaired) electrons. The van der Waals surface area contributed by atoms with Crippen LogP contribution in [0.1, 0.15) is 51.0 Å². The maximum Gasteiger partial charge on any atom is 0.246 e. The fourth-order valence-corrected chi connectivity index (χ4v) is 3.31. The molecular weight excluding hydrogens is 260 g/mol. The molecule has 3 N–H and O–H groups in total. The Balaban J connectivity index is 1.96. The van der Waals surface area contributed by atoms with E-state index in [0.29, 0.717) is 11.0 Å². The van der Waals surface area contributed by atoms with E-state index in [9.17, 15) is 4.79 Å². The van der Waals surface area contributed by atoms with Crippen LogP contribution >= 0.6 is 11.3 Å². The van der Waals surface area contributed by atoms with Crippen molar-refractivity contribution in [3.05, 3.63) is 5.01 Å². The molecule has 1 aliphatic rings. The van der Waals surface area contributed by atoms with E-state index < -0.39 is 5.54 Å². The minimum absolute atomic E-state index is 0.112. The van der Waals surface area contributed by atoms with E-state index in [2.05, 4.69) is 29.4 Å². The molecule has 1 heterocycles. The molecule has 2 rings (SSSR count). The van der Waals surface area contributed by atoms with Gasteiger partial charge in [0.15, 0.2) is 0 Å². The highest BCUT2D eigenvalue weighted by molar-refractivity contribution is 7.15. The first kappa shape index (κ1) is 14.4. The maximum atomic E-state index is 12.2. The van der Waals surface area contributed by atoms with E-state index >= 15 is 0 Å². The standard InChI is InChI=1S/C13H22N4OS/c1-9(2)8-10-16-17-12(19-10)15-11(18)13(14)6-4-3-5-7-13/h9H,3-8,14H2,1-2H3,(H,15,17,18). The van der Waals surface area contributed by atoms with Gasteiger partial charge in [0.2, 0.25) is 11.0 Å². The number of anilines is 1. The van der Waals surface area contributed by atoms with Crippen molar-refractivity contribution in [3.63, 3.8) is 0 Å². The summed E-state index contributed by atoms with van der Waals surface area (Å²) in [5.74, 6) is 0.426. The van der Waals surface area contributed by atoms with Crippen LogP contribution in [0.2, 0.25) is 0 Å². The molecule has 1 amide bonds. The fourth-order valence-electron chi connectivity index (χ4n) is 2.37. The number of carbonyl (C=O) groups excluding carboxylic acids is 1. The first-order chi connectivity index (χ1) is 8.99. The Hall–Kier alpha value is -1.01. The van der Waals surface area contributed by atoms with Gasteiger partial charge in [0, 0.05) is 6.42 Å². The minimum atomic E-state index is -0.720. The lowest BCUT2D eigenvalue weighted by Gasteiger charge is -2.31. The largest absolute Gasteiger partial charge is 0.317 e. The minimum Gasteiger partial charge on any atom is -0.317 e. The molecule has 19 heavy (non-hydrogen) atoms. The van der Waals surface area contributed by atoms with E-state index in [1.54, 1.807) is 0 Å². The molecule has 0 saturated heterocycles. The molecule has 5 nitrogen and oxygen atoms in total. The monoisotopic (exact) mass is 282 g/mol. The third-order valence-electron chi connectivity index (χ3n) is 3.47. The number of carbonyl (C=O) groups is 1. The van der Waals surface area contributed by atoms with Gasteiger partial charge in [-0.15, -0.1) is 10.2 Å². The van der Waals surface area contributed by atoms with Gasteiger partial charge in [0.25, 0.3) is 0 Å². The summed E-state index contributed by atoms with van der Waals surface area (Å²) in [6.07, 6.45) is 5.63. The van der Waals surface area contributed by atoms with Crippen molar-refractivity contribution in [1.29, 1.82) is 0 Å². The zero-order chi connectivity index (χ0) is 13.9. The van der Waals surface area contributed by atoms with Gasteiger partial charge in [-0.05, 0) is 18.8 Å². The summed E-state index contributed by atoms with van der Waals surface area (Å²) in [4.78, 5) is 12.2. The summed E-state index contributed by atoms with van der Waals surface area (Å²) in [7, 11) is 0. The number of hydrogen-bond donors (Lipinski definition) is 2. The van der Waals surface area contributed by atoms with Crippen molar-refractivity contribution in [2.45, 2.75) is 57.9 Å². The van der Waals surface area contributed by atoms with E-state index in [1.807, 2.05) is 0 Å². The second kappa shape index (κ2) is 5.96. The van der Waals surface area contributed by atoms with Crippen LogP contribution in [0.25, 0.3) is 0 Å². The maximum absolute atomic E-state index is 12.2. The predicted octanol–water partition coefficient (Wildman–Crippen LogP) is 2.34. The van der Waals surface area contributed by atoms with Gasteiger partial charge in [0.05, 0.1) is 5.54 Å². The number of hydrogen-bond acceptors (Lipinski definition) is 5. The van der Waals surface area contributed by atoms with Gasteiger partial charge in [-0.1, -0.05) is 44.4 Å². The third-order valence-corrected chi connectivity index (χ3v) is 4.33.